The number of rotatable bonds is 2. The van der Waals surface area contributed by atoms with E-state index in [1.165, 1.54) is 6.42 Å². The Labute approximate surface area is 99.6 Å². The lowest BCUT2D eigenvalue weighted by atomic mass is 9.96. The molecule has 1 saturated carbocycles. The zero-order valence-electron chi connectivity index (χ0n) is 10.3. The van der Waals surface area contributed by atoms with Crippen LogP contribution in [0.3, 0.4) is 0 Å². The molecule has 5 nitrogen and oxygen atoms in total. The molecule has 1 aromatic heterocycles. The first-order valence-electron chi connectivity index (χ1n) is 6.05. The second-order valence-corrected chi connectivity index (χ2v) is 4.73. The molecule has 0 radical (unpaired) electrons. The summed E-state index contributed by atoms with van der Waals surface area (Å²) in [5.74, 6) is -1.13. The fourth-order valence-electron chi connectivity index (χ4n) is 2.71. The Kier molecular flexibility index (Phi) is 3.09. The van der Waals surface area contributed by atoms with Crippen LogP contribution in [0.1, 0.15) is 54.2 Å². The summed E-state index contributed by atoms with van der Waals surface area (Å²) in [5.41, 5.74) is 0.0931. The third-order valence-electron chi connectivity index (χ3n) is 3.73. The fourth-order valence-corrected chi connectivity index (χ4v) is 2.71. The predicted octanol–water partition coefficient (Wildman–Crippen LogP) is 1.70. The highest BCUT2D eigenvalue weighted by molar-refractivity contribution is 5.88. The summed E-state index contributed by atoms with van der Waals surface area (Å²) in [4.78, 5) is 23.2. The number of hydrogen-bond donors (Lipinski definition) is 1. The van der Waals surface area contributed by atoms with Crippen LogP contribution < -0.4 is 5.56 Å². The molecule has 1 aliphatic carbocycles. The number of carboxylic acid groups (broad SMARTS) is 1. The lowest BCUT2D eigenvalue weighted by molar-refractivity contribution is 0.0694. The highest BCUT2D eigenvalue weighted by Gasteiger charge is 2.25. The Hall–Kier alpha value is -1.52. The molecule has 0 aliphatic heterocycles. The molecule has 1 aliphatic rings. The van der Waals surface area contributed by atoms with Gasteiger partial charge in [0.15, 0.2) is 0 Å². The molecular formula is C12H18N2O3. The van der Waals surface area contributed by atoms with Gasteiger partial charge in [-0.05, 0) is 19.8 Å². The van der Waals surface area contributed by atoms with Crippen molar-refractivity contribution in [2.75, 3.05) is 0 Å². The van der Waals surface area contributed by atoms with E-state index in [9.17, 15) is 9.59 Å². The average Bonchev–Trinajstić information content (AvgIpc) is 2.51. The minimum Gasteiger partial charge on any atom is -0.477 e. The van der Waals surface area contributed by atoms with Crippen LogP contribution in [0.2, 0.25) is 0 Å². The second-order valence-electron chi connectivity index (χ2n) is 4.73. The van der Waals surface area contributed by atoms with Crippen LogP contribution in [0, 0.1) is 6.92 Å². The van der Waals surface area contributed by atoms with Gasteiger partial charge in [0.2, 0.25) is 0 Å². The third-order valence-corrected chi connectivity index (χ3v) is 3.73. The van der Waals surface area contributed by atoms with Crippen molar-refractivity contribution in [2.24, 2.45) is 7.05 Å². The summed E-state index contributed by atoms with van der Waals surface area (Å²) in [6.07, 6.45) is 5.38. The van der Waals surface area contributed by atoms with Crippen molar-refractivity contribution in [3.63, 3.8) is 0 Å². The molecule has 0 amide bonds. The van der Waals surface area contributed by atoms with E-state index in [-0.39, 0.29) is 17.2 Å². The Balaban J connectivity index is 2.50. The number of nitrogens with zero attached hydrogens (tertiary/aromatic N) is 2. The second kappa shape index (κ2) is 4.39. The van der Waals surface area contributed by atoms with Gasteiger partial charge in [-0.3, -0.25) is 9.48 Å². The normalized spacial score (nSPS) is 17.3. The van der Waals surface area contributed by atoms with E-state index >= 15 is 0 Å². The summed E-state index contributed by atoms with van der Waals surface area (Å²) >= 11 is 0. The van der Waals surface area contributed by atoms with Crippen molar-refractivity contribution < 1.29 is 9.90 Å². The molecule has 94 valence electrons. The highest BCUT2D eigenvalue weighted by Crippen LogP contribution is 2.27. The molecule has 0 saturated heterocycles. The fraction of sp³-hybridized carbons (Fsp3) is 0.667. The number of hydrogen-bond acceptors (Lipinski definition) is 2. The van der Waals surface area contributed by atoms with E-state index in [0.29, 0.717) is 5.69 Å². The highest BCUT2D eigenvalue weighted by atomic mass is 16.4. The van der Waals surface area contributed by atoms with Crippen molar-refractivity contribution in [1.29, 1.82) is 0 Å². The van der Waals surface area contributed by atoms with Crippen molar-refractivity contribution in [2.45, 2.75) is 45.1 Å². The Morgan fingerprint density at radius 2 is 1.88 bits per heavy atom. The maximum Gasteiger partial charge on any atom is 0.343 e. The molecule has 0 bridgehead atoms. The molecular weight excluding hydrogens is 220 g/mol. The smallest absolute Gasteiger partial charge is 0.343 e. The minimum absolute atomic E-state index is 0.0851. The minimum atomic E-state index is -1.13. The third kappa shape index (κ3) is 1.90. The van der Waals surface area contributed by atoms with Gasteiger partial charge in [0, 0.05) is 7.05 Å². The van der Waals surface area contributed by atoms with Gasteiger partial charge < -0.3 is 5.11 Å². The molecule has 1 heterocycles. The SMILES string of the molecule is Cc1c(C(=O)O)c(=O)n(C2CCCCC2)n1C. The predicted molar refractivity (Wildman–Crippen MR) is 63.5 cm³/mol. The van der Waals surface area contributed by atoms with Crippen LogP contribution in [0.25, 0.3) is 0 Å². The topological polar surface area (TPSA) is 64.2 Å². The standard InChI is InChI=1S/C12H18N2O3/c1-8-10(12(16)17)11(15)14(13(8)2)9-6-4-3-5-7-9/h9H,3-7H2,1-2H3,(H,16,17). The molecule has 0 spiro atoms. The van der Waals surface area contributed by atoms with Gasteiger partial charge in [0.1, 0.15) is 5.56 Å². The molecule has 1 N–H and O–H groups in total. The summed E-state index contributed by atoms with van der Waals surface area (Å²) in [5, 5.41) is 9.06. The van der Waals surface area contributed by atoms with Crippen LogP contribution in [-0.4, -0.2) is 20.4 Å². The number of aromatic carboxylic acids is 1. The molecule has 17 heavy (non-hydrogen) atoms. The van der Waals surface area contributed by atoms with Gasteiger partial charge in [0.05, 0.1) is 11.7 Å². The van der Waals surface area contributed by atoms with Crippen molar-refractivity contribution >= 4 is 5.97 Å². The molecule has 0 unspecified atom stereocenters. The maximum absolute atomic E-state index is 12.1. The van der Waals surface area contributed by atoms with E-state index < -0.39 is 5.97 Å². The van der Waals surface area contributed by atoms with Crippen LogP contribution in [0.15, 0.2) is 4.79 Å². The van der Waals surface area contributed by atoms with E-state index in [4.69, 9.17) is 5.11 Å². The van der Waals surface area contributed by atoms with E-state index in [0.717, 1.165) is 25.7 Å². The summed E-state index contributed by atoms with van der Waals surface area (Å²) in [6.45, 7) is 1.68. The summed E-state index contributed by atoms with van der Waals surface area (Å²) < 4.78 is 3.32. The lowest BCUT2D eigenvalue weighted by Gasteiger charge is -2.24. The van der Waals surface area contributed by atoms with Gasteiger partial charge in [0.25, 0.3) is 5.56 Å². The monoisotopic (exact) mass is 238 g/mol. The zero-order chi connectivity index (χ0) is 12.6. The molecule has 1 aromatic rings. The zero-order valence-corrected chi connectivity index (χ0v) is 10.3. The van der Waals surface area contributed by atoms with Gasteiger partial charge >= 0.3 is 5.97 Å². The van der Waals surface area contributed by atoms with E-state index in [1.807, 2.05) is 0 Å². The largest absolute Gasteiger partial charge is 0.477 e. The Bertz CT molecular complexity index is 493. The molecule has 0 aromatic carbocycles. The van der Waals surface area contributed by atoms with Crippen LogP contribution in [0.4, 0.5) is 0 Å². The number of carboxylic acids is 1. The lowest BCUT2D eigenvalue weighted by Crippen LogP contribution is -2.29. The van der Waals surface area contributed by atoms with E-state index in [1.54, 1.807) is 23.3 Å². The Morgan fingerprint density at radius 1 is 1.29 bits per heavy atom. The molecule has 2 rings (SSSR count). The molecule has 5 heteroatoms. The van der Waals surface area contributed by atoms with Gasteiger partial charge in [-0.15, -0.1) is 0 Å². The average molecular weight is 238 g/mol. The maximum atomic E-state index is 12.1. The summed E-state index contributed by atoms with van der Waals surface area (Å²) in [6, 6.07) is 0.160. The van der Waals surface area contributed by atoms with Gasteiger partial charge in [-0.1, -0.05) is 19.3 Å². The van der Waals surface area contributed by atoms with Gasteiger partial charge in [-0.2, -0.15) is 0 Å². The van der Waals surface area contributed by atoms with Crippen molar-refractivity contribution in [3.05, 3.63) is 21.6 Å². The van der Waals surface area contributed by atoms with Crippen LogP contribution in [0.5, 0.6) is 0 Å². The van der Waals surface area contributed by atoms with Crippen LogP contribution >= 0.6 is 0 Å². The first-order chi connectivity index (χ1) is 8.04. The van der Waals surface area contributed by atoms with Crippen LogP contribution in [-0.2, 0) is 7.05 Å². The Morgan fingerprint density at radius 3 is 2.35 bits per heavy atom. The first-order valence-corrected chi connectivity index (χ1v) is 6.05. The first kappa shape index (κ1) is 12.0. The summed E-state index contributed by atoms with van der Waals surface area (Å²) in [7, 11) is 1.76. The van der Waals surface area contributed by atoms with Crippen molar-refractivity contribution in [1.82, 2.24) is 9.36 Å². The van der Waals surface area contributed by atoms with Crippen molar-refractivity contribution in [3.8, 4) is 0 Å². The molecule has 0 atom stereocenters. The number of carbonyl (C=O) groups is 1. The van der Waals surface area contributed by atoms with Gasteiger partial charge in [-0.25, -0.2) is 9.48 Å². The number of aromatic nitrogens is 2. The quantitative estimate of drug-likeness (QED) is 0.852. The molecule has 1 fully saturated rings. The van der Waals surface area contributed by atoms with E-state index in [2.05, 4.69) is 0 Å².